The molecule has 3 unspecified atom stereocenters. The van der Waals surface area contributed by atoms with Crippen molar-refractivity contribution >= 4 is 16.9 Å². The van der Waals surface area contributed by atoms with Gasteiger partial charge in [0.2, 0.25) is 5.91 Å². The summed E-state index contributed by atoms with van der Waals surface area (Å²) in [5, 5.41) is 0. The Labute approximate surface area is 161 Å². The topological polar surface area (TPSA) is 78.0 Å². The van der Waals surface area contributed by atoms with E-state index in [9.17, 15) is 9.18 Å². The second kappa shape index (κ2) is 6.72. The molecule has 2 aliphatic rings. The van der Waals surface area contributed by atoms with E-state index in [-0.39, 0.29) is 29.8 Å². The van der Waals surface area contributed by atoms with E-state index < -0.39 is 0 Å². The van der Waals surface area contributed by atoms with Gasteiger partial charge in [0, 0.05) is 25.5 Å². The number of aromatic nitrogens is 3. The largest absolute Gasteiger partial charge is 0.353 e. The maximum absolute atomic E-state index is 13.5. The zero-order valence-corrected chi connectivity index (χ0v) is 15.7. The molecule has 4 heterocycles. The van der Waals surface area contributed by atoms with E-state index in [1.54, 1.807) is 6.07 Å². The van der Waals surface area contributed by atoms with Crippen LogP contribution in [0.25, 0.3) is 11.0 Å². The van der Waals surface area contributed by atoms with E-state index in [4.69, 9.17) is 0 Å². The van der Waals surface area contributed by atoms with Gasteiger partial charge >= 0.3 is 0 Å². The van der Waals surface area contributed by atoms with Crippen molar-refractivity contribution in [1.29, 1.82) is 0 Å². The number of fused-ring (bicyclic) bond motifs is 1. The molecule has 2 aromatic heterocycles. The molecule has 0 aliphatic carbocycles. The van der Waals surface area contributed by atoms with Crippen LogP contribution < -0.4 is 10.9 Å². The van der Waals surface area contributed by atoms with Crippen molar-refractivity contribution in [3.8, 4) is 0 Å². The molecule has 1 amide bonds. The molecule has 2 aliphatic heterocycles. The van der Waals surface area contributed by atoms with Crippen molar-refractivity contribution in [2.45, 2.75) is 37.4 Å². The number of rotatable bonds is 3. The number of carbonyl (C=O) groups is 1. The number of aromatic amines is 1. The van der Waals surface area contributed by atoms with Crippen LogP contribution in [0.3, 0.4) is 0 Å². The molecule has 3 N–H and O–H groups in total. The average molecular weight is 382 g/mol. The molecule has 8 heteroatoms. The van der Waals surface area contributed by atoms with E-state index in [1.165, 1.54) is 12.1 Å². The number of likely N-dealkylation sites (tertiary alicyclic amines) is 1. The van der Waals surface area contributed by atoms with E-state index >= 15 is 0 Å². The highest BCUT2D eigenvalue weighted by Gasteiger charge is 2.39. The normalized spacial score (nSPS) is 25.1. The Balaban J connectivity index is 1.35. The molecule has 0 saturated carbocycles. The zero-order valence-electron chi connectivity index (χ0n) is 15.7. The second-order valence-corrected chi connectivity index (χ2v) is 7.65. The monoisotopic (exact) mass is 382 g/mol. The lowest BCUT2D eigenvalue weighted by molar-refractivity contribution is -0.134. The molecule has 5 rings (SSSR count). The first-order valence-corrected chi connectivity index (χ1v) is 9.68. The Kier molecular flexibility index (Phi) is 4.17. The summed E-state index contributed by atoms with van der Waals surface area (Å²) in [6, 6.07) is 8.32. The molecule has 7 nitrogen and oxygen atoms in total. The fourth-order valence-electron chi connectivity index (χ4n) is 4.42. The zero-order chi connectivity index (χ0) is 19.3. The third-order valence-electron chi connectivity index (χ3n) is 5.86. The number of H-pyrrole nitrogens is 1. The maximum Gasteiger partial charge on any atom is 0.241 e. The molecule has 146 valence electrons. The molecular weight excluding hydrogens is 359 g/mol. The van der Waals surface area contributed by atoms with Crippen molar-refractivity contribution in [3.05, 3.63) is 53.9 Å². The van der Waals surface area contributed by atoms with Crippen LogP contribution in [0.4, 0.5) is 4.39 Å². The van der Waals surface area contributed by atoms with Crippen LogP contribution in [0.15, 0.2) is 36.5 Å². The lowest BCUT2D eigenvalue weighted by Crippen LogP contribution is -2.45. The van der Waals surface area contributed by atoms with E-state index in [2.05, 4.69) is 31.5 Å². The van der Waals surface area contributed by atoms with Gasteiger partial charge in [0.25, 0.3) is 0 Å². The molecule has 0 bridgehead atoms. The molecule has 1 aromatic carbocycles. The van der Waals surface area contributed by atoms with Gasteiger partial charge < -0.3 is 14.5 Å². The van der Waals surface area contributed by atoms with Crippen LogP contribution >= 0.6 is 0 Å². The Morgan fingerprint density at radius 2 is 2.18 bits per heavy atom. The standard InChI is InChI=1S/C20H23FN6O/c1-26-8-2-4-17(26)15-11-16(25-24-15)20(28)27-9-3-5-18(27)19-22-13-7-6-12(21)10-14(13)23-19/h2,4,6-8,10,15-16,18,24-25H,3,5,9,11H2,1H3,(H,22,23). The summed E-state index contributed by atoms with van der Waals surface area (Å²) in [5.74, 6) is 0.518. The molecule has 28 heavy (non-hydrogen) atoms. The highest BCUT2D eigenvalue weighted by Crippen LogP contribution is 2.33. The summed E-state index contributed by atoms with van der Waals surface area (Å²) < 4.78 is 15.6. The van der Waals surface area contributed by atoms with Gasteiger partial charge in [-0.25, -0.2) is 20.2 Å². The molecule has 2 fully saturated rings. The Hall–Kier alpha value is -2.71. The number of halogens is 1. The highest BCUT2D eigenvalue weighted by atomic mass is 19.1. The lowest BCUT2D eigenvalue weighted by Gasteiger charge is -2.26. The summed E-state index contributed by atoms with van der Waals surface area (Å²) in [6.07, 6.45) is 4.50. The molecule has 0 radical (unpaired) electrons. The number of hydrazine groups is 1. The van der Waals surface area contributed by atoms with Gasteiger partial charge in [-0.05, 0) is 49.6 Å². The number of benzene rings is 1. The molecule has 3 atom stereocenters. The minimum Gasteiger partial charge on any atom is -0.353 e. The number of carbonyl (C=O) groups excluding carboxylic acids is 1. The Morgan fingerprint density at radius 3 is 3.00 bits per heavy atom. The van der Waals surface area contributed by atoms with Gasteiger partial charge in [-0.2, -0.15) is 0 Å². The smallest absolute Gasteiger partial charge is 0.241 e. The van der Waals surface area contributed by atoms with Crippen LogP contribution in [0.5, 0.6) is 0 Å². The molecule has 3 aromatic rings. The minimum atomic E-state index is -0.296. The number of nitrogens with zero attached hydrogens (tertiary/aromatic N) is 3. The number of hydrogen-bond donors (Lipinski definition) is 3. The number of nitrogens with one attached hydrogen (secondary N) is 3. The van der Waals surface area contributed by atoms with Crippen LogP contribution in [0.2, 0.25) is 0 Å². The minimum absolute atomic E-state index is 0.0818. The van der Waals surface area contributed by atoms with Gasteiger partial charge in [0.05, 0.1) is 23.1 Å². The lowest BCUT2D eigenvalue weighted by atomic mass is 10.1. The van der Waals surface area contributed by atoms with Gasteiger partial charge in [-0.3, -0.25) is 4.79 Å². The summed E-state index contributed by atoms with van der Waals surface area (Å²) >= 11 is 0. The number of imidazole rings is 1. The van der Waals surface area contributed by atoms with Crippen molar-refractivity contribution in [2.24, 2.45) is 7.05 Å². The number of aryl methyl sites for hydroxylation is 1. The number of hydrogen-bond acceptors (Lipinski definition) is 4. The molecule has 0 spiro atoms. The Bertz CT molecular complexity index is 1030. The SMILES string of the molecule is Cn1cccc1C1CC(C(=O)N2CCCC2c2nc3ccc(F)cc3[nH]2)NN1. The van der Waals surface area contributed by atoms with E-state index in [0.717, 1.165) is 29.9 Å². The molecular formula is C20H23FN6O. The fourth-order valence-corrected chi connectivity index (χ4v) is 4.42. The second-order valence-electron chi connectivity index (χ2n) is 7.65. The van der Waals surface area contributed by atoms with Crippen molar-refractivity contribution < 1.29 is 9.18 Å². The summed E-state index contributed by atoms with van der Waals surface area (Å²) in [7, 11) is 2.01. The summed E-state index contributed by atoms with van der Waals surface area (Å²) in [5.41, 5.74) is 8.96. The summed E-state index contributed by atoms with van der Waals surface area (Å²) in [4.78, 5) is 22.9. The quantitative estimate of drug-likeness (QED) is 0.650. The van der Waals surface area contributed by atoms with Crippen molar-refractivity contribution in [2.75, 3.05) is 6.54 Å². The van der Waals surface area contributed by atoms with Crippen LogP contribution in [0.1, 0.15) is 42.9 Å². The third kappa shape index (κ3) is 2.89. The highest BCUT2D eigenvalue weighted by molar-refractivity contribution is 5.83. The summed E-state index contributed by atoms with van der Waals surface area (Å²) in [6.45, 7) is 0.710. The third-order valence-corrected chi connectivity index (χ3v) is 5.86. The maximum atomic E-state index is 13.5. The van der Waals surface area contributed by atoms with Crippen molar-refractivity contribution in [1.82, 2.24) is 30.3 Å². The molecule has 2 saturated heterocycles. The number of amides is 1. The van der Waals surface area contributed by atoms with Crippen LogP contribution in [-0.2, 0) is 11.8 Å². The first-order valence-electron chi connectivity index (χ1n) is 9.68. The predicted octanol–water partition coefficient (Wildman–Crippen LogP) is 2.31. The first kappa shape index (κ1) is 17.4. The van der Waals surface area contributed by atoms with Gasteiger partial charge in [-0.1, -0.05) is 0 Å². The van der Waals surface area contributed by atoms with Gasteiger partial charge in [0.15, 0.2) is 0 Å². The fraction of sp³-hybridized carbons (Fsp3) is 0.400. The predicted molar refractivity (Wildman–Crippen MR) is 103 cm³/mol. The van der Waals surface area contributed by atoms with Gasteiger partial charge in [-0.15, -0.1) is 0 Å². The van der Waals surface area contributed by atoms with Crippen molar-refractivity contribution in [3.63, 3.8) is 0 Å². The van der Waals surface area contributed by atoms with E-state index in [1.807, 2.05) is 24.2 Å². The van der Waals surface area contributed by atoms with E-state index in [0.29, 0.717) is 18.5 Å². The van der Waals surface area contributed by atoms with Gasteiger partial charge in [0.1, 0.15) is 17.7 Å². The average Bonchev–Trinajstić information content (AvgIpc) is 3.45. The first-order chi connectivity index (χ1) is 13.6. The van der Waals surface area contributed by atoms with Crippen LogP contribution in [-0.4, -0.2) is 37.9 Å². The Morgan fingerprint density at radius 1 is 1.29 bits per heavy atom. The van der Waals surface area contributed by atoms with Crippen LogP contribution in [0, 0.1) is 5.82 Å².